The number of Topliss-reactive ketones (excluding diaryl/α,β-unsaturated/α-hetero) is 1. The molecular weight excluding hydrogens is 414 g/mol. The van der Waals surface area contributed by atoms with Gasteiger partial charge in [-0.15, -0.1) is 0 Å². The predicted octanol–water partition coefficient (Wildman–Crippen LogP) is 4.52. The molecule has 0 aliphatic carbocycles. The summed E-state index contributed by atoms with van der Waals surface area (Å²) in [6, 6.07) is 14.0. The molecule has 2 amide bonds. The Morgan fingerprint density at radius 2 is 1.68 bits per heavy atom. The number of fused-ring (bicyclic) bond motifs is 1. The SMILES string of the molecule is O=C(Nc1cccc(Cl)c1)C(=O)c1cn(CC(=O)N2CCCCCC2)c2ccccc12. The third kappa shape index (κ3) is 4.80. The molecule has 6 nitrogen and oxygen atoms in total. The molecule has 3 aromatic rings. The molecule has 1 aliphatic rings. The topological polar surface area (TPSA) is 71.4 Å². The molecule has 1 aromatic heterocycles. The van der Waals surface area contributed by atoms with Gasteiger partial charge in [0.25, 0.3) is 11.7 Å². The van der Waals surface area contributed by atoms with Gasteiger partial charge in [-0.05, 0) is 37.1 Å². The van der Waals surface area contributed by atoms with E-state index in [1.165, 1.54) is 0 Å². The van der Waals surface area contributed by atoms with E-state index in [2.05, 4.69) is 5.32 Å². The number of ketones is 1. The van der Waals surface area contributed by atoms with Crippen molar-refractivity contribution in [1.82, 2.24) is 9.47 Å². The number of nitrogens with zero attached hydrogens (tertiary/aromatic N) is 2. The number of carbonyl (C=O) groups is 3. The fourth-order valence-corrected chi connectivity index (χ4v) is 4.19. The van der Waals surface area contributed by atoms with Crippen molar-refractivity contribution in [2.24, 2.45) is 0 Å². The number of amides is 2. The smallest absolute Gasteiger partial charge is 0.296 e. The van der Waals surface area contributed by atoms with Crippen molar-refractivity contribution in [3.8, 4) is 0 Å². The second-order valence-corrected chi connectivity index (χ2v) is 8.21. The summed E-state index contributed by atoms with van der Waals surface area (Å²) in [5.41, 5.74) is 1.48. The van der Waals surface area contributed by atoms with E-state index < -0.39 is 11.7 Å². The van der Waals surface area contributed by atoms with Gasteiger partial charge in [0.05, 0.1) is 5.56 Å². The standard InChI is InChI=1S/C24H24ClN3O3/c25-17-8-7-9-18(14-17)26-24(31)23(30)20-15-28(21-11-4-3-10-19(20)21)16-22(29)27-12-5-1-2-6-13-27/h3-4,7-11,14-15H,1-2,5-6,12-13,16H2,(H,26,31). The van der Waals surface area contributed by atoms with Crippen LogP contribution in [0.2, 0.25) is 5.02 Å². The normalized spacial score (nSPS) is 14.3. The first-order valence-electron chi connectivity index (χ1n) is 10.5. The van der Waals surface area contributed by atoms with E-state index in [0.717, 1.165) is 44.3 Å². The summed E-state index contributed by atoms with van der Waals surface area (Å²) in [5, 5.41) is 3.71. The van der Waals surface area contributed by atoms with Gasteiger partial charge >= 0.3 is 0 Å². The number of hydrogen-bond donors (Lipinski definition) is 1. The lowest BCUT2D eigenvalue weighted by atomic mass is 10.1. The highest BCUT2D eigenvalue weighted by atomic mass is 35.5. The molecule has 1 fully saturated rings. The maximum Gasteiger partial charge on any atom is 0.296 e. The van der Waals surface area contributed by atoms with Crippen molar-refractivity contribution in [3.63, 3.8) is 0 Å². The van der Waals surface area contributed by atoms with Crippen LogP contribution in [0.5, 0.6) is 0 Å². The van der Waals surface area contributed by atoms with Gasteiger partial charge in [-0.25, -0.2) is 0 Å². The summed E-state index contributed by atoms with van der Waals surface area (Å²) in [4.78, 5) is 40.3. The quantitative estimate of drug-likeness (QED) is 0.471. The van der Waals surface area contributed by atoms with Gasteiger partial charge in [0.2, 0.25) is 5.91 Å². The van der Waals surface area contributed by atoms with Gasteiger partial charge in [-0.1, -0.05) is 48.7 Å². The van der Waals surface area contributed by atoms with Crippen molar-refractivity contribution < 1.29 is 14.4 Å². The highest BCUT2D eigenvalue weighted by Gasteiger charge is 2.23. The van der Waals surface area contributed by atoms with Crippen molar-refractivity contribution in [2.75, 3.05) is 18.4 Å². The minimum atomic E-state index is -0.746. The van der Waals surface area contributed by atoms with Gasteiger partial charge in [-0.2, -0.15) is 0 Å². The van der Waals surface area contributed by atoms with Crippen LogP contribution in [-0.2, 0) is 16.1 Å². The molecule has 1 saturated heterocycles. The van der Waals surface area contributed by atoms with E-state index in [1.807, 2.05) is 23.1 Å². The molecule has 0 bridgehead atoms. The van der Waals surface area contributed by atoms with Gasteiger partial charge in [0.1, 0.15) is 6.54 Å². The number of aromatic nitrogens is 1. The monoisotopic (exact) mass is 437 g/mol. The maximum absolute atomic E-state index is 12.9. The summed E-state index contributed by atoms with van der Waals surface area (Å²) < 4.78 is 1.77. The summed E-state index contributed by atoms with van der Waals surface area (Å²) >= 11 is 5.95. The van der Waals surface area contributed by atoms with Crippen molar-refractivity contribution >= 4 is 45.8 Å². The Bertz CT molecular complexity index is 1130. The van der Waals surface area contributed by atoms with E-state index in [1.54, 1.807) is 41.1 Å². The molecule has 4 rings (SSSR count). The summed E-state index contributed by atoms with van der Waals surface area (Å²) in [7, 11) is 0. The Balaban J connectivity index is 1.57. The Morgan fingerprint density at radius 1 is 0.935 bits per heavy atom. The van der Waals surface area contributed by atoms with E-state index in [-0.39, 0.29) is 18.0 Å². The molecular formula is C24H24ClN3O3. The predicted molar refractivity (Wildman–Crippen MR) is 121 cm³/mol. The Morgan fingerprint density at radius 3 is 2.42 bits per heavy atom. The molecule has 1 aliphatic heterocycles. The van der Waals surface area contributed by atoms with Crippen LogP contribution in [-0.4, -0.2) is 40.2 Å². The van der Waals surface area contributed by atoms with Crippen LogP contribution >= 0.6 is 11.6 Å². The third-order valence-electron chi connectivity index (χ3n) is 5.59. The molecule has 0 radical (unpaired) electrons. The number of para-hydroxylation sites is 1. The number of nitrogens with one attached hydrogen (secondary N) is 1. The molecule has 1 N–H and O–H groups in total. The first kappa shape index (κ1) is 21.1. The first-order chi connectivity index (χ1) is 15.0. The summed E-state index contributed by atoms with van der Waals surface area (Å²) in [5.74, 6) is -1.37. The molecule has 160 valence electrons. The molecule has 2 aromatic carbocycles. The number of hydrogen-bond acceptors (Lipinski definition) is 3. The van der Waals surface area contributed by atoms with Gasteiger partial charge < -0.3 is 14.8 Å². The summed E-state index contributed by atoms with van der Waals surface area (Å²) in [6.07, 6.45) is 5.95. The molecule has 0 atom stereocenters. The molecule has 0 spiro atoms. The summed E-state index contributed by atoms with van der Waals surface area (Å²) in [6.45, 7) is 1.68. The van der Waals surface area contributed by atoms with Crippen LogP contribution in [0.1, 0.15) is 36.0 Å². The lowest BCUT2D eigenvalue weighted by Gasteiger charge is -2.20. The highest BCUT2D eigenvalue weighted by Crippen LogP contribution is 2.23. The van der Waals surface area contributed by atoms with Crippen molar-refractivity contribution in [3.05, 3.63) is 65.3 Å². The van der Waals surface area contributed by atoms with Gasteiger partial charge in [-0.3, -0.25) is 14.4 Å². The molecule has 0 saturated carbocycles. The van der Waals surface area contributed by atoms with Crippen molar-refractivity contribution in [1.29, 1.82) is 0 Å². The number of likely N-dealkylation sites (tertiary alicyclic amines) is 1. The maximum atomic E-state index is 12.9. The fraction of sp³-hybridized carbons (Fsp3) is 0.292. The number of carbonyl (C=O) groups excluding carboxylic acids is 3. The molecule has 31 heavy (non-hydrogen) atoms. The zero-order valence-corrected chi connectivity index (χ0v) is 17.9. The van der Waals surface area contributed by atoms with Crippen LogP contribution in [0.15, 0.2) is 54.7 Å². The first-order valence-corrected chi connectivity index (χ1v) is 10.9. The third-order valence-corrected chi connectivity index (χ3v) is 5.82. The Kier molecular flexibility index (Phi) is 6.37. The molecule has 0 unspecified atom stereocenters. The second kappa shape index (κ2) is 9.35. The minimum absolute atomic E-state index is 0.0324. The minimum Gasteiger partial charge on any atom is -0.341 e. The van der Waals surface area contributed by atoms with Gasteiger partial charge in [0, 0.05) is 40.9 Å². The van der Waals surface area contributed by atoms with Crippen LogP contribution in [0.3, 0.4) is 0 Å². The Hall–Kier alpha value is -3.12. The van der Waals surface area contributed by atoms with Crippen LogP contribution < -0.4 is 5.32 Å². The number of halogens is 1. The fourth-order valence-electron chi connectivity index (χ4n) is 4.00. The van der Waals surface area contributed by atoms with Crippen LogP contribution in [0.25, 0.3) is 10.9 Å². The zero-order valence-electron chi connectivity index (χ0n) is 17.1. The zero-order chi connectivity index (χ0) is 21.8. The van der Waals surface area contributed by atoms with Crippen LogP contribution in [0.4, 0.5) is 5.69 Å². The van der Waals surface area contributed by atoms with Gasteiger partial charge in [0.15, 0.2) is 0 Å². The molecule has 7 heteroatoms. The van der Waals surface area contributed by atoms with E-state index in [9.17, 15) is 14.4 Å². The van der Waals surface area contributed by atoms with Crippen LogP contribution in [0, 0.1) is 0 Å². The Labute approximate surface area is 185 Å². The number of rotatable bonds is 5. The lowest BCUT2D eigenvalue weighted by Crippen LogP contribution is -2.34. The average Bonchev–Trinajstić information content (AvgIpc) is 2.93. The van der Waals surface area contributed by atoms with E-state index >= 15 is 0 Å². The highest BCUT2D eigenvalue weighted by molar-refractivity contribution is 6.48. The van der Waals surface area contributed by atoms with E-state index in [4.69, 9.17) is 11.6 Å². The number of benzene rings is 2. The average molecular weight is 438 g/mol. The second-order valence-electron chi connectivity index (χ2n) is 7.78. The largest absolute Gasteiger partial charge is 0.341 e. The van der Waals surface area contributed by atoms with E-state index in [0.29, 0.717) is 16.1 Å². The van der Waals surface area contributed by atoms with Crippen molar-refractivity contribution in [2.45, 2.75) is 32.2 Å². The molecule has 2 heterocycles. The lowest BCUT2D eigenvalue weighted by molar-refractivity contribution is -0.131. The number of anilines is 1.